The highest BCUT2D eigenvalue weighted by molar-refractivity contribution is 6.06. The van der Waals surface area contributed by atoms with Gasteiger partial charge >= 0.3 is 0 Å². The highest BCUT2D eigenvalue weighted by atomic mass is 16.6. The number of nitrogens with zero attached hydrogens (tertiary/aromatic N) is 3. The number of hydrogen-bond donors (Lipinski definition) is 0. The third-order valence-corrected chi connectivity index (χ3v) is 1.68. The number of pyridine rings is 1. The topological polar surface area (TPSA) is 56.1 Å². The zero-order chi connectivity index (χ0) is 10.9. The second-order valence-electron chi connectivity index (χ2n) is 2.63. The van der Waals surface area contributed by atoms with E-state index < -0.39 is 0 Å². The van der Waals surface area contributed by atoms with Gasteiger partial charge in [0.15, 0.2) is 0 Å². The van der Waals surface area contributed by atoms with E-state index >= 15 is 0 Å². The van der Waals surface area contributed by atoms with E-state index in [2.05, 4.69) is 20.1 Å². The van der Waals surface area contributed by atoms with Crippen LogP contribution >= 0.6 is 0 Å². The first-order valence-corrected chi connectivity index (χ1v) is 4.44. The second kappa shape index (κ2) is 6.53. The molecule has 0 radical (unpaired) electrons. The molecule has 1 rings (SSSR count). The van der Waals surface area contributed by atoms with Crippen molar-refractivity contribution in [3.05, 3.63) is 30.1 Å². The van der Waals surface area contributed by atoms with Crippen LogP contribution in [-0.4, -0.2) is 31.1 Å². The molecular formula is C10H13N3O2. The van der Waals surface area contributed by atoms with Crippen molar-refractivity contribution in [2.45, 2.75) is 6.42 Å². The van der Waals surface area contributed by atoms with Crippen molar-refractivity contribution in [2.75, 3.05) is 14.2 Å². The Morgan fingerprint density at radius 3 is 2.67 bits per heavy atom. The molecule has 0 aliphatic heterocycles. The molecule has 0 aromatic carbocycles. The summed E-state index contributed by atoms with van der Waals surface area (Å²) in [4.78, 5) is 13.3. The summed E-state index contributed by atoms with van der Waals surface area (Å²) >= 11 is 0. The van der Waals surface area contributed by atoms with E-state index in [0.717, 1.165) is 11.3 Å². The molecular weight excluding hydrogens is 194 g/mol. The van der Waals surface area contributed by atoms with Gasteiger partial charge in [0, 0.05) is 30.6 Å². The molecule has 5 nitrogen and oxygen atoms in total. The standard InChI is InChI=1S/C10H13N3O2/c1-14-12-8-5-10(13-15-2)9-3-6-11-7-4-9/h3-4,6-8H,5H2,1-2H3/b12-8+,13-10-. The van der Waals surface area contributed by atoms with Gasteiger partial charge in [-0.25, -0.2) is 0 Å². The average molecular weight is 207 g/mol. The highest BCUT2D eigenvalue weighted by Gasteiger charge is 2.02. The summed E-state index contributed by atoms with van der Waals surface area (Å²) in [5.41, 5.74) is 1.73. The highest BCUT2D eigenvalue weighted by Crippen LogP contribution is 2.02. The third kappa shape index (κ3) is 3.76. The van der Waals surface area contributed by atoms with Crippen LogP contribution in [0.25, 0.3) is 0 Å². The molecule has 0 atom stereocenters. The molecule has 0 unspecified atom stereocenters. The maximum Gasteiger partial charge on any atom is 0.106 e. The van der Waals surface area contributed by atoms with Crippen molar-refractivity contribution in [1.82, 2.24) is 4.98 Å². The van der Waals surface area contributed by atoms with Gasteiger partial charge < -0.3 is 9.68 Å². The first-order valence-electron chi connectivity index (χ1n) is 4.44. The Morgan fingerprint density at radius 2 is 2.07 bits per heavy atom. The van der Waals surface area contributed by atoms with E-state index in [-0.39, 0.29) is 0 Å². The van der Waals surface area contributed by atoms with Crippen LogP contribution in [0.5, 0.6) is 0 Å². The van der Waals surface area contributed by atoms with E-state index in [1.807, 2.05) is 12.1 Å². The molecule has 0 fully saturated rings. The Morgan fingerprint density at radius 1 is 1.33 bits per heavy atom. The number of rotatable bonds is 5. The summed E-state index contributed by atoms with van der Waals surface area (Å²) in [6.07, 6.45) is 5.58. The van der Waals surface area contributed by atoms with Crippen LogP contribution in [0.1, 0.15) is 12.0 Å². The van der Waals surface area contributed by atoms with Crippen LogP contribution in [0.4, 0.5) is 0 Å². The Balaban J connectivity index is 2.76. The van der Waals surface area contributed by atoms with E-state index in [1.165, 1.54) is 14.2 Å². The van der Waals surface area contributed by atoms with Crippen molar-refractivity contribution in [2.24, 2.45) is 10.3 Å². The summed E-state index contributed by atoms with van der Waals surface area (Å²) in [5, 5.41) is 7.55. The molecule has 1 aromatic rings. The van der Waals surface area contributed by atoms with Gasteiger partial charge in [0.05, 0.1) is 5.71 Å². The van der Waals surface area contributed by atoms with Gasteiger partial charge in [-0.2, -0.15) is 0 Å². The average Bonchev–Trinajstić information content (AvgIpc) is 2.29. The van der Waals surface area contributed by atoms with Crippen LogP contribution in [0.15, 0.2) is 34.8 Å². The quantitative estimate of drug-likeness (QED) is 0.542. The number of oxime groups is 2. The molecule has 0 aliphatic rings. The number of hydrogen-bond acceptors (Lipinski definition) is 5. The predicted molar refractivity (Wildman–Crippen MR) is 57.9 cm³/mol. The van der Waals surface area contributed by atoms with Crippen molar-refractivity contribution >= 4 is 11.9 Å². The Kier molecular flexibility index (Phi) is 4.86. The van der Waals surface area contributed by atoms with Gasteiger partial charge in [-0.3, -0.25) is 4.98 Å². The van der Waals surface area contributed by atoms with Crippen LogP contribution in [0, 0.1) is 0 Å². The van der Waals surface area contributed by atoms with Gasteiger partial charge in [-0.15, -0.1) is 0 Å². The van der Waals surface area contributed by atoms with E-state index in [0.29, 0.717) is 6.42 Å². The zero-order valence-electron chi connectivity index (χ0n) is 8.75. The minimum Gasteiger partial charge on any atom is -0.399 e. The summed E-state index contributed by atoms with van der Waals surface area (Å²) < 4.78 is 0. The molecule has 5 heteroatoms. The molecule has 0 N–H and O–H groups in total. The third-order valence-electron chi connectivity index (χ3n) is 1.68. The van der Waals surface area contributed by atoms with Gasteiger partial charge in [-0.1, -0.05) is 10.3 Å². The lowest BCUT2D eigenvalue weighted by molar-refractivity contribution is 0.212. The first-order chi connectivity index (χ1) is 7.38. The Bertz CT molecular complexity index is 336. The summed E-state index contributed by atoms with van der Waals surface area (Å²) in [6, 6.07) is 3.72. The lowest BCUT2D eigenvalue weighted by Gasteiger charge is -2.01. The minimum absolute atomic E-state index is 0.547. The van der Waals surface area contributed by atoms with Crippen molar-refractivity contribution in [3.8, 4) is 0 Å². The van der Waals surface area contributed by atoms with Gasteiger partial charge in [0.2, 0.25) is 0 Å². The molecule has 1 heterocycles. The fourth-order valence-corrected chi connectivity index (χ4v) is 1.06. The van der Waals surface area contributed by atoms with Crippen molar-refractivity contribution < 1.29 is 9.68 Å². The molecule has 0 saturated carbocycles. The molecule has 15 heavy (non-hydrogen) atoms. The van der Waals surface area contributed by atoms with Gasteiger partial charge in [0.25, 0.3) is 0 Å². The van der Waals surface area contributed by atoms with E-state index in [4.69, 9.17) is 4.84 Å². The summed E-state index contributed by atoms with van der Waals surface area (Å²) in [6.45, 7) is 0. The maximum atomic E-state index is 4.75. The molecule has 0 saturated heterocycles. The number of aromatic nitrogens is 1. The minimum atomic E-state index is 0.547. The summed E-state index contributed by atoms with van der Waals surface area (Å²) in [5.74, 6) is 0. The van der Waals surface area contributed by atoms with Crippen molar-refractivity contribution in [3.63, 3.8) is 0 Å². The van der Waals surface area contributed by atoms with Crippen LogP contribution in [0.2, 0.25) is 0 Å². The molecule has 80 valence electrons. The molecule has 0 bridgehead atoms. The van der Waals surface area contributed by atoms with Crippen molar-refractivity contribution in [1.29, 1.82) is 0 Å². The Labute approximate surface area is 88.4 Å². The fraction of sp³-hybridized carbons (Fsp3) is 0.300. The molecule has 0 aliphatic carbocycles. The smallest absolute Gasteiger partial charge is 0.106 e. The lowest BCUT2D eigenvalue weighted by atomic mass is 10.1. The van der Waals surface area contributed by atoms with Gasteiger partial charge in [-0.05, 0) is 12.1 Å². The normalized spacial score (nSPS) is 11.7. The molecule has 0 amide bonds. The second-order valence-corrected chi connectivity index (χ2v) is 2.63. The maximum absolute atomic E-state index is 4.75. The van der Waals surface area contributed by atoms with Crippen LogP contribution in [-0.2, 0) is 9.68 Å². The van der Waals surface area contributed by atoms with Crippen LogP contribution < -0.4 is 0 Å². The monoisotopic (exact) mass is 207 g/mol. The molecule has 0 spiro atoms. The first kappa shape index (κ1) is 11.2. The predicted octanol–water partition coefficient (Wildman–Crippen LogP) is 1.45. The lowest BCUT2D eigenvalue weighted by Crippen LogP contribution is -2.02. The van der Waals surface area contributed by atoms with E-state index in [1.54, 1.807) is 18.6 Å². The van der Waals surface area contributed by atoms with E-state index in [9.17, 15) is 0 Å². The Hall–Kier alpha value is -1.91. The fourth-order valence-electron chi connectivity index (χ4n) is 1.06. The van der Waals surface area contributed by atoms with Crippen LogP contribution in [0.3, 0.4) is 0 Å². The SMILES string of the molecule is CO/N=C(/C/C=N/OC)c1ccncc1. The summed E-state index contributed by atoms with van der Waals surface area (Å²) in [7, 11) is 3.00. The molecule has 1 aromatic heterocycles. The zero-order valence-corrected chi connectivity index (χ0v) is 8.75. The largest absolute Gasteiger partial charge is 0.399 e. The van der Waals surface area contributed by atoms with Gasteiger partial charge in [0.1, 0.15) is 14.2 Å².